The Balaban J connectivity index is 2.31. The highest BCUT2D eigenvalue weighted by Gasteiger charge is 2.16. The van der Waals surface area contributed by atoms with E-state index in [-0.39, 0.29) is 11.5 Å². The van der Waals surface area contributed by atoms with E-state index in [4.69, 9.17) is 17.3 Å². The van der Waals surface area contributed by atoms with Crippen molar-refractivity contribution in [2.24, 2.45) is 5.73 Å². The standard InChI is InChI=1S/C17H19BrClN/c1-17(2,3)12-6-4-11(5-7-12)16(20)14-9-8-13(19)10-15(14)18/h4-10,16H,20H2,1-3H3. The first-order chi connectivity index (χ1) is 9.29. The van der Waals surface area contributed by atoms with Gasteiger partial charge in [-0.15, -0.1) is 0 Å². The summed E-state index contributed by atoms with van der Waals surface area (Å²) in [5.74, 6) is 0. The van der Waals surface area contributed by atoms with Crippen LogP contribution in [0.5, 0.6) is 0 Å². The Bertz CT molecular complexity index is 599. The summed E-state index contributed by atoms with van der Waals surface area (Å²) in [5, 5.41) is 0.705. The van der Waals surface area contributed by atoms with Crippen molar-refractivity contribution in [1.82, 2.24) is 0 Å². The van der Waals surface area contributed by atoms with Gasteiger partial charge in [0.15, 0.2) is 0 Å². The highest BCUT2D eigenvalue weighted by atomic mass is 79.9. The van der Waals surface area contributed by atoms with Crippen molar-refractivity contribution in [3.8, 4) is 0 Å². The molecule has 0 spiro atoms. The zero-order valence-corrected chi connectivity index (χ0v) is 14.3. The lowest BCUT2D eigenvalue weighted by atomic mass is 9.86. The topological polar surface area (TPSA) is 26.0 Å². The fourth-order valence-electron chi connectivity index (χ4n) is 2.12. The molecule has 1 nitrogen and oxygen atoms in total. The third-order valence-corrected chi connectivity index (χ3v) is 4.36. The molecule has 2 aromatic carbocycles. The summed E-state index contributed by atoms with van der Waals surface area (Å²) in [7, 11) is 0. The first-order valence-electron chi connectivity index (χ1n) is 6.60. The molecule has 0 fully saturated rings. The zero-order valence-electron chi connectivity index (χ0n) is 12.0. The van der Waals surface area contributed by atoms with Crippen LogP contribution in [0.25, 0.3) is 0 Å². The maximum absolute atomic E-state index is 6.35. The molecule has 106 valence electrons. The van der Waals surface area contributed by atoms with Crippen molar-refractivity contribution in [1.29, 1.82) is 0 Å². The minimum atomic E-state index is -0.157. The normalized spacial score (nSPS) is 13.3. The van der Waals surface area contributed by atoms with Gasteiger partial charge in [-0.1, -0.05) is 78.6 Å². The number of halogens is 2. The van der Waals surface area contributed by atoms with E-state index in [1.54, 1.807) is 0 Å². The lowest BCUT2D eigenvalue weighted by Gasteiger charge is -2.21. The number of rotatable bonds is 2. The zero-order chi connectivity index (χ0) is 14.9. The first kappa shape index (κ1) is 15.6. The van der Waals surface area contributed by atoms with Gasteiger partial charge < -0.3 is 5.73 Å². The van der Waals surface area contributed by atoms with Crippen molar-refractivity contribution in [3.63, 3.8) is 0 Å². The second kappa shape index (κ2) is 5.88. The molecular weight excluding hydrogens is 334 g/mol. The van der Waals surface area contributed by atoms with E-state index < -0.39 is 0 Å². The monoisotopic (exact) mass is 351 g/mol. The molecule has 0 aromatic heterocycles. The Morgan fingerprint density at radius 2 is 1.65 bits per heavy atom. The number of benzene rings is 2. The van der Waals surface area contributed by atoms with Crippen molar-refractivity contribution >= 4 is 27.5 Å². The van der Waals surface area contributed by atoms with Crippen molar-refractivity contribution < 1.29 is 0 Å². The summed E-state index contributed by atoms with van der Waals surface area (Å²) in [4.78, 5) is 0. The molecule has 1 atom stereocenters. The molecule has 1 unspecified atom stereocenters. The molecule has 0 amide bonds. The fraction of sp³-hybridized carbons (Fsp3) is 0.294. The maximum atomic E-state index is 6.35. The van der Waals surface area contributed by atoms with Crippen LogP contribution in [-0.2, 0) is 5.41 Å². The highest BCUT2D eigenvalue weighted by molar-refractivity contribution is 9.10. The van der Waals surface area contributed by atoms with E-state index in [9.17, 15) is 0 Å². The third kappa shape index (κ3) is 3.43. The first-order valence-corrected chi connectivity index (χ1v) is 7.77. The smallest absolute Gasteiger partial charge is 0.0562 e. The SMILES string of the molecule is CC(C)(C)c1ccc(C(N)c2ccc(Cl)cc2Br)cc1. The van der Waals surface area contributed by atoms with Crippen LogP contribution in [0.1, 0.15) is 43.5 Å². The lowest BCUT2D eigenvalue weighted by molar-refractivity contribution is 0.589. The molecule has 0 aliphatic carbocycles. The summed E-state index contributed by atoms with van der Waals surface area (Å²) in [6.07, 6.45) is 0. The van der Waals surface area contributed by atoms with Gasteiger partial charge in [-0.2, -0.15) is 0 Å². The Hall–Kier alpha value is -0.830. The number of hydrogen-bond donors (Lipinski definition) is 1. The van der Waals surface area contributed by atoms with Crippen LogP contribution >= 0.6 is 27.5 Å². The van der Waals surface area contributed by atoms with Gasteiger partial charge in [0.05, 0.1) is 6.04 Å². The summed E-state index contributed by atoms with van der Waals surface area (Å²) in [6, 6.07) is 14.1. The van der Waals surface area contributed by atoms with E-state index in [0.717, 1.165) is 15.6 Å². The van der Waals surface area contributed by atoms with Crippen LogP contribution in [0.4, 0.5) is 0 Å². The lowest BCUT2D eigenvalue weighted by Crippen LogP contribution is -2.14. The van der Waals surface area contributed by atoms with E-state index in [1.165, 1.54) is 5.56 Å². The van der Waals surface area contributed by atoms with Crippen molar-refractivity contribution in [2.45, 2.75) is 32.2 Å². The Labute approximate surface area is 134 Å². The van der Waals surface area contributed by atoms with Gasteiger partial charge in [-0.3, -0.25) is 0 Å². The minimum Gasteiger partial charge on any atom is -0.320 e. The van der Waals surface area contributed by atoms with Gasteiger partial charge in [0.25, 0.3) is 0 Å². The average molecular weight is 353 g/mol. The second-order valence-corrected chi connectivity index (χ2v) is 7.31. The second-order valence-electron chi connectivity index (χ2n) is 6.02. The summed E-state index contributed by atoms with van der Waals surface area (Å²) >= 11 is 9.49. The Kier molecular flexibility index (Phi) is 4.58. The van der Waals surface area contributed by atoms with Gasteiger partial charge in [-0.25, -0.2) is 0 Å². The van der Waals surface area contributed by atoms with E-state index >= 15 is 0 Å². The molecule has 2 N–H and O–H groups in total. The van der Waals surface area contributed by atoms with Gasteiger partial charge >= 0.3 is 0 Å². The van der Waals surface area contributed by atoms with Gasteiger partial charge in [0.1, 0.15) is 0 Å². The van der Waals surface area contributed by atoms with Crippen LogP contribution < -0.4 is 5.73 Å². The van der Waals surface area contributed by atoms with Gasteiger partial charge in [0.2, 0.25) is 0 Å². The fourth-order valence-corrected chi connectivity index (χ4v) is 3.05. The quantitative estimate of drug-likeness (QED) is 0.764. The predicted octanol–water partition coefficient (Wildman–Crippen LogP) is 5.45. The summed E-state index contributed by atoms with van der Waals surface area (Å²) in [6.45, 7) is 6.62. The number of hydrogen-bond acceptors (Lipinski definition) is 1. The molecule has 0 saturated heterocycles. The van der Waals surface area contributed by atoms with E-state index in [2.05, 4.69) is 61.0 Å². The summed E-state index contributed by atoms with van der Waals surface area (Å²) in [5.41, 5.74) is 9.96. The van der Waals surface area contributed by atoms with E-state index in [0.29, 0.717) is 5.02 Å². The Morgan fingerprint density at radius 1 is 1.05 bits per heavy atom. The number of nitrogens with two attached hydrogens (primary N) is 1. The third-order valence-electron chi connectivity index (χ3n) is 3.43. The largest absolute Gasteiger partial charge is 0.320 e. The molecule has 0 aliphatic rings. The predicted molar refractivity (Wildman–Crippen MR) is 90.3 cm³/mol. The molecule has 0 bridgehead atoms. The van der Waals surface area contributed by atoms with Crippen LogP contribution in [0.3, 0.4) is 0 Å². The average Bonchev–Trinajstić information content (AvgIpc) is 2.37. The van der Waals surface area contributed by atoms with E-state index in [1.807, 2.05) is 18.2 Å². The maximum Gasteiger partial charge on any atom is 0.0562 e. The van der Waals surface area contributed by atoms with Crippen LogP contribution in [0, 0.1) is 0 Å². The molecular formula is C17H19BrClN. The summed E-state index contributed by atoms with van der Waals surface area (Å²) < 4.78 is 0.942. The van der Waals surface area contributed by atoms with Crippen molar-refractivity contribution in [2.75, 3.05) is 0 Å². The Morgan fingerprint density at radius 3 is 2.15 bits per heavy atom. The molecule has 20 heavy (non-hydrogen) atoms. The molecule has 0 aliphatic heterocycles. The van der Waals surface area contributed by atoms with Crippen molar-refractivity contribution in [3.05, 3.63) is 68.7 Å². The molecule has 3 heteroatoms. The van der Waals surface area contributed by atoms with Crippen LogP contribution in [0.15, 0.2) is 46.9 Å². The molecule has 2 aromatic rings. The molecule has 0 heterocycles. The molecule has 2 rings (SSSR count). The molecule has 0 radical (unpaired) electrons. The van der Waals surface area contributed by atoms with Gasteiger partial charge in [-0.05, 0) is 34.2 Å². The van der Waals surface area contributed by atoms with Gasteiger partial charge in [0, 0.05) is 9.50 Å². The minimum absolute atomic E-state index is 0.156. The van der Waals surface area contributed by atoms with Crippen LogP contribution in [0.2, 0.25) is 5.02 Å². The molecule has 0 saturated carbocycles. The highest BCUT2D eigenvalue weighted by Crippen LogP contribution is 2.30. The van der Waals surface area contributed by atoms with Crippen LogP contribution in [-0.4, -0.2) is 0 Å².